The highest BCUT2D eigenvalue weighted by Gasteiger charge is 2.10. The van der Waals surface area contributed by atoms with Crippen LogP contribution in [0.5, 0.6) is 0 Å². The number of hydrogen-bond acceptors (Lipinski definition) is 4. The summed E-state index contributed by atoms with van der Waals surface area (Å²) in [5.74, 6) is 1.05. The second-order valence-corrected chi connectivity index (χ2v) is 5.88. The summed E-state index contributed by atoms with van der Waals surface area (Å²) in [6.45, 7) is 7.06. The van der Waals surface area contributed by atoms with Gasteiger partial charge in [0.1, 0.15) is 10.8 Å². The molecule has 5 heteroatoms. The molecule has 18 heavy (non-hydrogen) atoms. The van der Waals surface area contributed by atoms with Crippen molar-refractivity contribution in [2.45, 2.75) is 46.2 Å². The maximum absolute atomic E-state index is 5.99. The lowest BCUT2D eigenvalue weighted by Crippen LogP contribution is -2.23. The van der Waals surface area contributed by atoms with Gasteiger partial charge in [-0.2, -0.15) is 0 Å². The van der Waals surface area contributed by atoms with Gasteiger partial charge < -0.3 is 10.3 Å². The van der Waals surface area contributed by atoms with Crippen molar-refractivity contribution in [3.05, 3.63) is 33.8 Å². The van der Waals surface area contributed by atoms with Crippen molar-refractivity contribution in [2.24, 2.45) is 5.73 Å². The standard InChI is InChI=1S/C13H20N4S/c1-4-11(14)7-12-15-5-6-17(12)8-13-16-9(2)10(3)18-13/h5-6,11H,4,7-8,14H2,1-3H3. The number of imidazole rings is 1. The molecule has 0 saturated carbocycles. The van der Waals surface area contributed by atoms with Gasteiger partial charge in [-0.25, -0.2) is 9.97 Å². The molecular formula is C13H20N4S. The first-order valence-corrected chi connectivity index (χ1v) is 7.10. The zero-order valence-corrected chi connectivity index (χ0v) is 12.0. The van der Waals surface area contributed by atoms with Gasteiger partial charge >= 0.3 is 0 Å². The first kappa shape index (κ1) is 13.2. The van der Waals surface area contributed by atoms with Gasteiger partial charge in [0, 0.05) is 29.7 Å². The zero-order valence-electron chi connectivity index (χ0n) is 11.2. The van der Waals surface area contributed by atoms with E-state index in [2.05, 4.69) is 35.3 Å². The SMILES string of the molecule is CCC(N)Cc1nccn1Cc1nc(C)c(C)s1. The topological polar surface area (TPSA) is 56.7 Å². The lowest BCUT2D eigenvalue weighted by molar-refractivity contribution is 0.596. The van der Waals surface area contributed by atoms with Crippen LogP contribution in [0.1, 0.15) is 34.7 Å². The van der Waals surface area contributed by atoms with Crippen LogP contribution in [0.25, 0.3) is 0 Å². The fourth-order valence-electron chi connectivity index (χ4n) is 1.81. The Morgan fingerprint density at radius 2 is 2.22 bits per heavy atom. The molecule has 0 amide bonds. The molecule has 0 saturated heterocycles. The monoisotopic (exact) mass is 264 g/mol. The van der Waals surface area contributed by atoms with E-state index >= 15 is 0 Å². The number of nitrogens with zero attached hydrogens (tertiary/aromatic N) is 3. The van der Waals surface area contributed by atoms with E-state index in [9.17, 15) is 0 Å². The van der Waals surface area contributed by atoms with Gasteiger partial charge in [-0.3, -0.25) is 0 Å². The number of rotatable bonds is 5. The van der Waals surface area contributed by atoms with Crippen molar-refractivity contribution in [3.8, 4) is 0 Å². The Balaban J connectivity index is 2.12. The van der Waals surface area contributed by atoms with Crippen LogP contribution < -0.4 is 5.73 Å². The van der Waals surface area contributed by atoms with Crippen molar-refractivity contribution in [2.75, 3.05) is 0 Å². The summed E-state index contributed by atoms with van der Waals surface area (Å²) in [5, 5.41) is 1.13. The maximum atomic E-state index is 5.99. The molecule has 2 N–H and O–H groups in total. The van der Waals surface area contributed by atoms with Gasteiger partial charge in [0.15, 0.2) is 0 Å². The van der Waals surface area contributed by atoms with Crippen molar-refractivity contribution in [1.29, 1.82) is 0 Å². The first-order chi connectivity index (χ1) is 8.60. The summed E-state index contributed by atoms with van der Waals surface area (Å²) in [6, 6.07) is 0.186. The largest absolute Gasteiger partial charge is 0.328 e. The Kier molecular flexibility index (Phi) is 4.14. The molecule has 0 aliphatic rings. The lowest BCUT2D eigenvalue weighted by Gasteiger charge is -2.10. The summed E-state index contributed by atoms with van der Waals surface area (Å²) in [5.41, 5.74) is 7.12. The molecule has 4 nitrogen and oxygen atoms in total. The Labute approximate surface area is 112 Å². The number of aryl methyl sites for hydroxylation is 2. The summed E-state index contributed by atoms with van der Waals surface area (Å²) in [4.78, 5) is 10.2. The van der Waals surface area contributed by atoms with E-state index in [4.69, 9.17) is 5.73 Å². The molecule has 2 heterocycles. The van der Waals surface area contributed by atoms with Crippen molar-refractivity contribution in [3.63, 3.8) is 0 Å². The number of nitrogens with two attached hydrogens (primary N) is 1. The summed E-state index contributed by atoms with van der Waals surface area (Å²) in [7, 11) is 0. The molecule has 2 rings (SSSR count). The minimum absolute atomic E-state index is 0.186. The molecule has 2 aromatic heterocycles. The van der Waals surface area contributed by atoms with Gasteiger partial charge in [-0.15, -0.1) is 11.3 Å². The summed E-state index contributed by atoms with van der Waals surface area (Å²) >= 11 is 1.75. The normalized spacial score (nSPS) is 12.9. The van der Waals surface area contributed by atoms with E-state index in [1.54, 1.807) is 11.3 Å². The van der Waals surface area contributed by atoms with Gasteiger partial charge in [0.05, 0.1) is 12.2 Å². The molecule has 0 bridgehead atoms. The van der Waals surface area contributed by atoms with Crippen LogP contribution in [-0.4, -0.2) is 20.6 Å². The molecule has 2 aromatic rings. The Hall–Kier alpha value is -1.20. The summed E-state index contributed by atoms with van der Waals surface area (Å²) < 4.78 is 2.15. The van der Waals surface area contributed by atoms with Gasteiger partial charge in [-0.05, 0) is 20.3 Å². The summed E-state index contributed by atoms with van der Waals surface area (Å²) in [6.07, 6.45) is 5.64. The van der Waals surface area contributed by atoms with E-state index in [0.29, 0.717) is 0 Å². The molecule has 1 atom stereocenters. The molecule has 0 aliphatic carbocycles. The molecule has 0 radical (unpaired) electrons. The fraction of sp³-hybridized carbons (Fsp3) is 0.538. The van der Waals surface area contributed by atoms with Crippen LogP contribution in [0, 0.1) is 13.8 Å². The van der Waals surface area contributed by atoms with Crippen LogP contribution in [0.3, 0.4) is 0 Å². The van der Waals surface area contributed by atoms with Gasteiger partial charge in [0.25, 0.3) is 0 Å². The first-order valence-electron chi connectivity index (χ1n) is 6.28. The van der Waals surface area contributed by atoms with E-state index in [-0.39, 0.29) is 6.04 Å². The highest BCUT2D eigenvalue weighted by molar-refractivity contribution is 7.11. The quantitative estimate of drug-likeness (QED) is 0.901. The smallest absolute Gasteiger partial charge is 0.113 e. The second kappa shape index (κ2) is 5.63. The molecule has 1 unspecified atom stereocenters. The Morgan fingerprint density at radius 1 is 1.44 bits per heavy atom. The average molecular weight is 264 g/mol. The Morgan fingerprint density at radius 3 is 2.83 bits per heavy atom. The minimum Gasteiger partial charge on any atom is -0.328 e. The van der Waals surface area contributed by atoms with Gasteiger partial charge in [0.2, 0.25) is 0 Å². The third-order valence-electron chi connectivity index (χ3n) is 3.15. The lowest BCUT2D eigenvalue weighted by atomic mass is 10.1. The Bertz CT molecular complexity index is 495. The second-order valence-electron chi connectivity index (χ2n) is 4.59. The van der Waals surface area contributed by atoms with E-state index in [1.807, 2.05) is 12.4 Å². The molecule has 0 fully saturated rings. The maximum Gasteiger partial charge on any atom is 0.113 e. The predicted molar refractivity (Wildman–Crippen MR) is 74.9 cm³/mol. The van der Waals surface area contributed by atoms with E-state index in [0.717, 1.165) is 35.9 Å². The third-order valence-corrected chi connectivity index (χ3v) is 4.21. The molecular weight excluding hydrogens is 244 g/mol. The number of hydrogen-bond donors (Lipinski definition) is 1. The average Bonchev–Trinajstić information content (AvgIpc) is 2.88. The van der Waals surface area contributed by atoms with Crippen molar-refractivity contribution < 1.29 is 0 Å². The van der Waals surface area contributed by atoms with Crippen LogP contribution >= 0.6 is 11.3 Å². The predicted octanol–water partition coefficient (Wildman–Crippen LogP) is 2.28. The number of aromatic nitrogens is 3. The third kappa shape index (κ3) is 2.97. The molecule has 0 spiro atoms. The van der Waals surface area contributed by atoms with Crippen LogP contribution in [-0.2, 0) is 13.0 Å². The van der Waals surface area contributed by atoms with Crippen LogP contribution in [0.2, 0.25) is 0 Å². The van der Waals surface area contributed by atoms with Crippen LogP contribution in [0.15, 0.2) is 12.4 Å². The highest BCUT2D eigenvalue weighted by atomic mass is 32.1. The minimum atomic E-state index is 0.186. The fourth-order valence-corrected chi connectivity index (χ4v) is 2.74. The number of thiazole rings is 1. The highest BCUT2D eigenvalue weighted by Crippen LogP contribution is 2.18. The van der Waals surface area contributed by atoms with E-state index < -0.39 is 0 Å². The molecule has 98 valence electrons. The zero-order chi connectivity index (χ0) is 13.1. The van der Waals surface area contributed by atoms with E-state index in [1.165, 1.54) is 4.88 Å². The van der Waals surface area contributed by atoms with Crippen molar-refractivity contribution >= 4 is 11.3 Å². The van der Waals surface area contributed by atoms with Crippen LogP contribution in [0.4, 0.5) is 0 Å². The van der Waals surface area contributed by atoms with Crippen molar-refractivity contribution in [1.82, 2.24) is 14.5 Å². The van der Waals surface area contributed by atoms with Gasteiger partial charge in [-0.1, -0.05) is 6.92 Å². The molecule has 0 aliphatic heterocycles. The molecule has 0 aromatic carbocycles.